The Morgan fingerprint density at radius 2 is 1.83 bits per heavy atom. The summed E-state index contributed by atoms with van der Waals surface area (Å²) in [5.41, 5.74) is 8.25. The molecule has 3 aromatic rings. The number of benzene rings is 1. The number of nitrogens with zero attached hydrogens (tertiary/aromatic N) is 4. The van der Waals surface area contributed by atoms with Gasteiger partial charge in [0.05, 0.1) is 10.6 Å². The van der Waals surface area contributed by atoms with E-state index in [1.807, 2.05) is 6.07 Å². The van der Waals surface area contributed by atoms with Crippen molar-refractivity contribution in [2.45, 2.75) is 42.7 Å². The Bertz CT molecular complexity index is 1120. The zero-order chi connectivity index (χ0) is 21.3. The average Bonchev–Trinajstić information content (AvgIpc) is 3.19. The van der Waals surface area contributed by atoms with E-state index in [9.17, 15) is 8.42 Å². The Labute approximate surface area is 176 Å². The van der Waals surface area contributed by atoms with Gasteiger partial charge in [0.1, 0.15) is 5.82 Å². The summed E-state index contributed by atoms with van der Waals surface area (Å²) in [4.78, 5) is 4.63. The first-order valence-electron chi connectivity index (χ1n) is 9.99. The Morgan fingerprint density at radius 3 is 2.50 bits per heavy atom. The highest BCUT2D eigenvalue weighted by molar-refractivity contribution is 7.89. The van der Waals surface area contributed by atoms with Crippen molar-refractivity contribution < 1.29 is 8.42 Å². The van der Waals surface area contributed by atoms with Crippen LogP contribution in [0.4, 0.5) is 17.2 Å². The SMILES string of the molecule is CN(C)S(=O)(=O)c1ccc(Nc2cc(N[C@H]3CC[C@H](N)CC3)nn3ccnc23)cc1. The van der Waals surface area contributed by atoms with Crippen molar-refractivity contribution in [1.82, 2.24) is 18.9 Å². The Balaban J connectivity index is 1.57. The molecule has 1 aliphatic carbocycles. The zero-order valence-electron chi connectivity index (χ0n) is 17.1. The molecule has 0 radical (unpaired) electrons. The molecule has 0 unspecified atom stereocenters. The standard InChI is InChI=1S/C20H27N7O2S/c1-26(2)30(28,29)17-9-7-15(8-10-17)23-18-13-19(25-27-12-11-22-20(18)27)24-16-5-3-14(21)4-6-16/h7-14,16,23H,3-6,21H2,1-2H3,(H,24,25)/t14-,16-. The van der Waals surface area contributed by atoms with Crippen LogP contribution in [0.25, 0.3) is 5.65 Å². The van der Waals surface area contributed by atoms with Gasteiger partial charge in [0.2, 0.25) is 10.0 Å². The lowest BCUT2D eigenvalue weighted by Gasteiger charge is -2.27. The number of sulfonamides is 1. The number of nitrogens with two attached hydrogens (primary N) is 1. The number of anilines is 3. The summed E-state index contributed by atoms with van der Waals surface area (Å²) in [6.07, 6.45) is 7.57. The maximum Gasteiger partial charge on any atom is 0.242 e. The third kappa shape index (κ3) is 4.25. The third-order valence-corrected chi connectivity index (χ3v) is 7.22. The fraction of sp³-hybridized carbons (Fsp3) is 0.400. The van der Waals surface area contributed by atoms with Crippen molar-refractivity contribution in [2.24, 2.45) is 5.73 Å². The van der Waals surface area contributed by atoms with E-state index in [-0.39, 0.29) is 4.90 Å². The van der Waals surface area contributed by atoms with E-state index in [4.69, 9.17) is 5.73 Å². The third-order valence-electron chi connectivity index (χ3n) is 5.39. The second-order valence-corrected chi connectivity index (χ2v) is 9.98. The molecule has 1 aliphatic rings. The van der Waals surface area contributed by atoms with Crippen LogP contribution in [-0.4, -0.2) is 53.5 Å². The number of nitrogens with one attached hydrogen (secondary N) is 2. The van der Waals surface area contributed by atoms with E-state index in [2.05, 4.69) is 20.7 Å². The van der Waals surface area contributed by atoms with Crippen molar-refractivity contribution in [2.75, 3.05) is 24.7 Å². The number of fused-ring (bicyclic) bond motifs is 1. The van der Waals surface area contributed by atoms with Crippen molar-refractivity contribution in [3.63, 3.8) is 0 Å². The molecule has 9 nitrogen and oxygen atoms in total. The van der Waals surface area contributed by atoms with Gasteiger partial charge in [-0.05, 0) is 49.9 Å². The summed E-state index contributed by atoms with van der Waals surface area (Å²) in [5.74, 6) is 0.760. The first kappa shape index (κ1) is 20.6. The van der Waals surface area contributed by atoms with Crippen molar-refractivity contribution >= 4 is 32.9 Å². The van der Waals surface area contributed by atoms with Gasteiger partial charge in [-0.1, -0.05) is 0 Å². The van der Waals surface area contributed by atoms with E-state index in [0.717, 1.165) is 42.9 Å². The maximum atomic E-state index is 12.3. The van der Waals surface area contributed by atoms with Crippen molar-refractivity contribution in [3.05, 3.63) is 42.7 Å². The Morgan fingerprint density at radius 1 is 1.13 bits per heavy atom. The molecule has 0 atom stereocenters. The molecule has 1 aromatic carbocycles. The maximum absolute atomic E-state index is 12.3. The predicted octanol–water partition coefficient (Wildman–Crippen LogP) is 2.41. The second kappa shape index (κ2) is 8.21. The van der Waals surface area contributed by atoms with Gasteiger partial charge in [0.15, 0.2) is 5.65 Å². The summed E-state index contributed by atoms with van der Waals surface area (Å²) in [7, 11) is -0.427. The van der Waals surface area contributed by atoms with Gasteiger partial charge < -0.3 is 16.4 Å². The van der Waals surface area contributed by atoms with Crippen LogP contribution in [0, 0.1) is 0 Å². The van der Waals surface area contributed by atoms with Gasteiger partial charge in [0, 0.05) is 50.3 Å². The molecule has 0 bridgehead atoms. The fourth-order valence-electron chi connectivity index (χ4n) is 3.63. The van der Waals surface area contributed by atoms with Crippen LogP contribution in [0.15, 0.2) is 47.6 Å². The molecule has 4 N–H and O–H groups in total. The molecule has 0 spiro atoms. The van der Waals surface area contributed by atoms with Crippen LogP contribution >= 0.6 is 0 Å². The minimum atomic E-state index is -3.46. The first-order valence-corrected chi connectivity index (χ1v) is 11.4. The molecule has 2 aromatic heterocycles. The number of hydrogen-bond donors (Lipinski definition) is 3. The monoisotopic (exact) mass is 429 g/mol. The second-order valence-electron chi connectivity index (χ2n) is 7.83. The number of rotatable bonds is 6. The summed E-state index contributed by atoms with van der Waals surface area (Å²) in [6, 6.07) is 9.24. The molecule has 30 heavy (non-hydrogen) atoms. The van der Waals surface area contributed by atoms with Gasteiger partial charge in [-0.2, -0.15) is 0 Å². The molecule has 0 saturated heterocycles. The van der Waals surface area contributed by atoms with Crippen LogP contribution in [0.1, 0.15) is 25.7 Å². The minimum Gasteiger partial charge on any atom is -0.366 e. The zero-order valence-corrected chi connectivity index (χ0v) is 17.9. The quantitative estimate of drug-likeness (QED) is 0.551. The Kier molecular flexibility index (Phi) is 5.63. The summed E-state index contributed by atoms with van der Waals surface area (Å²) in [6.45, 7) is 0. The number of hydrogen-bond acceptors (Lipinski definition) is 7. The van der Waals surface area contributed by atoms with E-state index in [1.165, 1.54) is 18.4 Å². The largest absolute Gasteiger partial charge is 0.366 e. The fourth-order valence-corrected chi connectivity index (χ4v) is 4.53. The molecule has 10 heteroatoms. The molecular weight excluding hydrogens is 402 g/mol. The van der Waals surface area contributed by atoms with Gasteiger partial charge in [0.25, 0.3) is 0 Å². The van der Waals surface area contributed by atoms with Crippen LogP contribution in [0.5, 0.6) is 0 Å². The van der Waals surface area contributed by atoms with E-state index in [1.54, 1.807) is 41.2 Å². The molecule has 1 saturated carbocycles. The summed E-state index contributed by atoms with van der Waals surface area (Å²) in [5, 5.41) is 11.4. The minimum absolute atomic E-state index is 0.247. The van der Waals surface area contributed by atoms with E-state index >= 15 is 0 Å². The highest BCUT2D eigenvalue weighted by Gasteiger charge is 2.20. The lowest BCUT2D eigenvalue weighted by molar-refractivity contribution is 0.410. The van der Waals surface area contributed by atoms with Gasteiger partial charge >= 0.3 is 0 Å². The van der Waals surface area contributed by atoms with Crippen LogP contribution in [0.2, 0.25) is 0 Å². The molecule has 4 rings (SSSR count). The highest BCUT2D eigenvalue weighted by Crippen LogP contribution is 2.26. The highest BCUT2D eigenvalue weighted by atomic mass is 32.2. The molecule has 0 aliphatic heterocycles. The van der Waals surface area contributed by atoms with Crippen molar-refractivity contribution in [3.8, 4) is 0 Å². The number of aromatic nitrogens is 3. The van der Waals surface area contributed by atoms with Crippen LogP contribution in [0.3, 0.4) is 0 Å². The van der Waals surface area contributed by atoms with Crippen LogP contribution in [-0.2, 0) is 10.0 Å². The number of imidazole rings is 1. The lowest BCUT2D eigenvalue weighted by Crippen LogP contribution is -2.33. The van der Waals surface area contributed by atoms with E-state index in [0.29, 0.717) is 17.7 Å². The predicted molar refractivity (Wildman–Crippen MR) is 117 cm³/mol. The van der Waals surface area contributed by atoms with Crippen LogP contribution < -0.4 is 16.4 Å². The molecule has 1 fully saturated rings. The average molecular weight is 430 g/mol. The lowest BCUT2D eigenvalue weighted by atomic mass is 9.92. The van der Waals surface area contributed by atoms with E-state index < -0.39 is 10.0 Å². The summed E-state index contributed by atoms with van der Waals surface area (Å²) < 4.78 is 27.5. The Hall–Kier alpha value is -2.69. The molecular formula is C20H27N7O2S. The summed E-state index contributed by atoms with van der Waals surface area (Å²) >= 11 is 0. The van der Waals surface area contributed by atoms with Gasteiger partial charge in [-0.3, -0.25) is 0 Å². The molecule has 160 valence electrons. The first-order chi connectivity index (χ1) is 14.3. The van der Waals surface area contributed by atoms with Gasteiger partial charge in [-0.25, -0.2) is 22.2 Å². The van der Waals surface area contributed by atoms with Crippen molar-refractivity contribution in [1.29, 1.82) is 0 Å². The van der Waals surface area contributed by atoms with Gasteiger partial charge in [-0.15, -0.1) is 5.10 Å². The molecule has 2 heterocycles. The smallest absolute Gasteiger partial charge is 0.242 e. The normalized spacial score (nSPS) is 19.9. The topological polar surface area (TPSA) is 118 Å². The molecule has 0 amide bonds.